The highest BCUT2D eigenvalue weighted by molar-refractivity contribution is 5.94. The van der Waals surface area contributed by atoms with Gasteiger partial charge in [-0.3, -0.25) is 10.2 Å². The van der Waals surface area contributed by atoms with Crippen LogP contribution in [0.25, 0.3) is 0 Å². The molecule has 1 amide bonds. The first-order chi connectivity index (χ1) is 9.76. The molecule has 0 radical (unpaired) electrons. The molecule has 0 aliphatic rings. The lowest BCUT2D eigenvalue weighted by Crippen LogP contribution is -2.30. The zero-order valence-corrected chi connectivity index (χ0v) is 11.1. The highest BCUT2D eigenvalue weighted by atomic mass is 16.5. The molecule has 20 heavy (non-hydrogen) atoms. The Morgan fingerprint density at radius 1 is 1.25 bits per heavy atom. The first-order valence-electron chi connectivity index (χ1n) is 6.18. The van der Waals surface area contributed by atoms with E-state index in [2.05, 4.69) is 5.43 Å². The summed E-state index contributed by atoms with van der Waals surface area (Å²) in [5.74, 6) is 6.31. The second kappa shape index (κ2) is 6.63. The lowest BCUT2D eigenvalue weighted by molar-refractivity contribution is 0.0949. The molecule has 1 aromatic heterocycles. The van der Waals surface area contributed by atoms with Crippen molar-refractivity contribution in [3.05, 3.63) is 47.9 Å². The number of hydrogen-bond acceptors (Lipinski definition) is 5. The second-order valence-electron chi connectivity index (χ2n) is 3.90. The molecule has 2 rings (SSSR count). The van der Waals surface area contributed by atoms with E-state index in [-0.39, 0.29) is 6.61 Å². The summed E-state index contributed by atoms with van der Waals surface area (Å²) in [6, 6.07) is 8.84. The molecule has 0 atom stereocenters. The molecule has 106 valence electrons. The number of benzene rings is 1. The number of para-hydroxylation sites is 2. The number of nitrogens with one attached hydrogen (secondary N) is 1. The van der Waals surface area contributed by atoms with Crippen LogP contribution in [0.1, 0.15) is 23.0 Å². The van der Waals surface area contributed by atoms with Crippen molar-refractivity contribution in [2.75, 3.05) is 6.61 Å². The van der Waals surface area contributed by atoms with E-state index in [0.717, 1.165) is 0 Å². The van der Waals surface area contributed by atoms with E-state index in [1.807, 2.05) is 25.1 Å². The normalized spacial score (nSPS) is 10.1. The maximum Gasteiger partial charge on any atom is 0.268 e. The van der Waals surface area contributed by atoms with Crippen molar-refractivity contribution < 1.29 is 18.7 Å². The third kappa shape index (κ3) is 3.10. The van der Waals surface area contributed by atoms with E-state index in [4.69, 9.17) is 19.7 Å². The Labute approximate surface area is 116 Å². The first-order valence-corrected chi connectivity index (χ1v) is 6.18. The van der Waals surface area contributed by atoms with Crippen LogP contribution in [-0.2, 0) is 6.61 Å². The van der Waals surface area contributed by atoms with Crippen molar-refractivity contribution in [1.29, 1.82) is 0 Å². The highest BCUT2D eigenvalue weighted by Crippen LogP contribution is 2.27. The topological polar surface area (TPSA) is 86.7 Å². The van der Waals surface area contributed by atoms with Crippen molar-refractivity contribution in [3.63, 3.8) is 0 Å². The number of furan rings is 1. The summed E-state index contributed by atoms with van der Waals surface area (Å²) in [7, 11) is 0. The van der Waals surface area contributed by atoms with Crippen LogP contribution in [0.3, 0.4) is 0 Å². The number of nitrogen functional groups attached to an aromatic ring is 1. The van der Waals surface area contributed by atoms with E-state index >= 15 is 0 Å². The zero-order valence-electron chi connectivity index (χ0n) is 11.1. The van der Waals surface area contributed by atoms with E-state index in [0.29, 0.717) is 29.4 Å². The smallest absolute Gasteiger partial charge is 0.268 e. The maximum atomic E-state index is 11.5. The van der Waals surface area contributed by atoms with Gasteiger partial charge in [-0.25, -0.2) is 5.84 Å². The van der Waals surface area contributed by atoms with Gasteiger partial charge in [0.25, 0.3) is 5.91 Å². The van der Waals surface area contributed by atoms with Gasteiger partial charge in [-0.1, -0.05) is 12.1 Å². The average Bonchev–Trinajstić information content (AvgIpc) is 2.94. The lowest BCUT2D eigenvalue weighted by Gasteiger charge is -2.11. The van der Waals surface area contributed by atoms with Crippen LogP contribution in [0.15, 0.2) is 41.0 Å². The Hall–Kier alpha value is -2.47. The van der Waals surface area contributed by atoms with Gasteiger partial charge in [-0.05, 0) is 25.1 Å². The molecule has 0 saturated carbocycles. The summed E-state index contributed by atoms with van der Waals surface area (Å²) in [4.78, 5) is 11.5. The molecule has 6 nitrogen and oxygen atoms in total. The summed E-state index contributed by atoms with van der Waals surface area (Å²) in [5, 5.41) is 0. The van der Waals surface area contributed by atoms with Gasteiger partial charge in [0.2, 0.25) is 0 Å². The molecule has 6 heteroatoms. The van der Waals surface area contributed by atoms with Gasteiger partial charge in [0, 0.05) is 0 Å². The van der Waals surface area contributed by atoms with Crippen molar-refractivity contribution in [1.82, 2.24) is 5.43 Å². The van der Waals surface area contributed by atoms with Crippen LogP contribution in [0.4, 0.5) is 0 Å². The van der Waals surface area contributed by atoms with Crippen LogP contribution in [0.2, 0.25) is 0 Å². The highest BCUT2D eigenvalue weighted by Gasteiger charge is 2.14. The fraction of sp³-hybridized carbons (Fsp3) is 0.214. The number of hydrazine groups is 1. The average molecular weight is 276 g/mol. The molecule has 0 aliphatic carbocycles. The number of ether oxygens (including phenoxy) is 2. The largest absolute Gasteiger partial charge is 0.490 e. The third-order valence-electron chi connectivity index (χ3n) is 2.63. The van der Waals surface area contributed by atoms with Gasteiger partial charge in [-0.15, -0.1) is 0 Å². The molecule has 0 aliphatic heterocycles. The van der Waals surface area contributed by atoms with E-state index in [1.165, 1.54) is 12.3 Å². The molecule has 2 aromatic rings. The molecular weight excluding hydrogens is 260 g/mol. The van der Waals surface area contributed by atoms with Crippen LogP contribution < -0.4 is 20.7 Å². The Morgan fingerprint density at radius 2 is 1.95 bits per heavy atom. The van der Waals surface area contributed by atoms with Gasteiger partial charge in [0.15, 0.2) is 17.3 Å². The molecule has 0 fully saturated rings. The molecule has 1 heterocycles. The van der Waals surface area contributed by atoms with Gasteiger partial charge < -0.3 is 13.9 Å². The van der Waals surface area contributed by atoms with Crippen LogP contribution in [0.5, 0.6) is 11.5 Å². The molecule has 3 N–H and O–H groups in total. The van der Waals surface area contributed by atoms with E-state index < -0.39 is 5.91 Å². The standard InChI is InChI=1S/C14H16N2O4/c1-2-18-11-5-3-4-6-12(11)20-9-13-10(7-8-19-13)14(17)16-15/h3-8H,2,9,15H2,1H3,(H,16,17). The Morgan fingerprint density at radius 3 is 2.60 bits per heavy atom. The predicted octanol–water partition coefficient (Wildman–Crippen LogP) is 1.86. The third-order valence-corrected chi connectivity index (χ3v) is 2.63. The van der Waals surface area contributed by atoms with Gasteiger partial charge in [0.05, 0.1) is 18.4 Å². The van der Waals surface area contributed by atoms with E-state index in [1.54, 1.807) is 6.07 Å². The SMILES string of the molecule is CCOc1ccccc1OCc1occc1C(=O)NN. The monoisotopic (exact) mass is 276 g/mol. The second-order valence-corrected chi connectivity index (χ2v) is 3.90. The predicted molar refractivity (Wildman–Crippen MR) is 72.3 cm³/mol. The number of hydrogen-bond donors (Lipinski definition) is 2. The molecular formula is C14H16N2O4. The van der Waals surface area contributed by atoms with Gasteiger partial charge >= 0.3 is 0 Å². The summed E-state index contributed by atoms with van der Waals surface area (Å²) in [5.41, 5.74) is 2.41. The number of nitrogens with two attached hydrogens (primary N) is 1. The molecule has 0 unspecified atom stereocenters. The van der Waals surface area contributed by atoms with Crippen LogP contribution in [0, 0.1) is 0 Å². The zero-order chi connectivity index (χ0) is 14.4. The fourth-order valence-electron chi connectivity index (χ4n) is 1.72. The first kappa shape index (κ1) is 14.0. The maximum absolute atomic E-state index is 11.5. The molecule has 0 spiro atoms. The fourth-order valence-corrected chi connectivity index (χ4v) is 1.72. The summed E-state index contributed by atoms with van der Waals surface area (Å²) >= 11 is 0. The Bertz CT molecular complexity index is 580. The number of rotatable bonds is 6. The van der Waals surface area contributed by atoms with Gasteiger partial charge in [0.1, 0.15) is 6.61 Å². The summed E-state index contributed by atoms with van der Waals surface area (Å²) < 4.78 is 16.3. The number of amides is 1. The number of carbonyl (C=O) groups excluding carboxylic acids is 1. The Kier molecular flexibility index (Phi) is 4.62. The van der Waals surface area contributed by atoms with Crippen LogP contribution in [-0.4, -0.2) is 12.5 Å². The molecule has 0 bridgehead atoms. The van der Waals surface area contributed by atoms with Gasteiger partial charge in [-0.2, -0.15) is 0 Å². The Balaban J connectivity index is 2.09. The molecule has 1 aromatic carbocycles. The minimum Gasteiger partial charge on any atom is -0.490 e. The quantitative estimate of drug-likeness (QED) is 0.478. The lowest BCUT2D eigenvalue weighted by atomic mass is 10.2. The van der Waals surface area contributed by atoms with Crippen molar-refractivity contribution in [3.8, 4) is 11.5 Å². The van der Waals surface area contributed by atoms with Crippen molar-refractivity contribution in [2.45, 2.75) is 13.5 Å². The summed E-state index contributed by atoms with van der Waals surface area (Å²) in [6.45, 7) is 2.55. The minimum atomic E-state index is -0.421. The molecule has 0 saturated heterocycles. The van der Waals surface area contributed by atoms with Crippen LogP contribution >= 0.6 is 0 Å². The van der Waals surface area contributed by atoms with Crippen molar-refractivity contribution >= 4 is 5.91 Å². The minimum absolute atomic E-state index is 0.111. The van der Waals surface area contributed by atoms with E-state index in [9.17, 15) is 4.79 Å². The number of carbonyl (C=O) groups is 1. The summed E-state index contributed by atoms with van der Waals surface area (Å²) in [6.07, 6.45) is 1.41. The van der Waals surface area contributed by atoms with Crippen molar-refractivity contribution in [2.24, 2.45) is 5.84 Å².